The number of carbonyl (C=O) groups is 1. The molecule has 1 heterocycles. The molecule has 3 N–H and O–H groups in total. The summed E-state index contributed by atoms with van der Waals surface area (Å²) in [7, 11) is 0. The zero-order chi connectivity index (χ0) is 7.56. The van der Waals surface area contributed by atoms with Crippen molar-refractivity contribution in [1.29, 1.82) is 0 Å². The van der Waals surface area contributed by atoms with Crippen molar-refractivity contribution in [3.05, 3.63) is 0 Å². The zero-order valence-corrected chi connectivity index (χ0v) is 5.96. The molecule has 0 spiro atoms. The van der Waals surface area contributed by atoms with Gasteiger partial charge in [0.15, 0.2) is 0 Å². The highest BCUT2D eigenvalue weighted by atomic mass is 16.5. The second kappa shape index (κ2) is 2.98. The van der Waals surface area contributed by atoms with Gasteiger partial charge in [-0.1, -0.05) is 0 Å². The van der Waals surface area contributed by atoms with E-state index in [1.54, 1.807) is 0 Å². The van der Waals surface area contributed by atoms with E-state index in [0.29, 0.717) is 0 Å². The van der Waals surface area contributed by atoms with Gasteiger partial charge in [-0.05, 0) is 19.8 Å². The lowest BCUT2D eigenvalue weighted by molar-refractivity contribution is -0.131. The van der Waals surface area contributed by atoms with Crippen molar-refractivity contribution in [2.24, 2.45) is 5.84 Å². The van der Waals surface area contributed by atoms with Crippen LogP contribution in [0, 0.1) is 0 Å². The molecule has 1 aliphatic heterocycles. The largest absolute Gasteiger partial charge is 0.365 e. The Hall–Kier alpha value is -0.610. The number of rotatable bonds is 1. The second-order valence-electron chi connectivity index (χ2n) is 2.52. The Morgan fingerprint density at radius 2 is 2.40 bits per heavy atom. The van der Waals surface area contributed by atoms with Crippen molar-refractivity contribution in [1.82, 2.24) is 5.43 Å². The fraction of sp³-hybridized carbons (Fsp3) is 0.833. The van der Waals surface area contributed by atoms with Crippen molar-refractivity contribution >= 4 is 5.91 Å². The van der Waals surface area contributed by atoms with Crippen molar-refractivity contribution in [3.8, 4) is 0 Å². The molecule has 0 aromatic heterocycles. The molecule has 10 heavy (non-hydrogen) atoms. The number of nitrogens with one attached hydrogen (secondary N) is 1. The maximum absolute atomic E-state index is 10.8. The fourth-order valence-electron chi connectivity index (χ4n) is 1.09. The molecule has 0 aromatic rings. The summed E-state index contributed by atoms with van der Waals surface area (Å²) in [5.41, 5.74) is 2.06. The molecule has 1 rings (SSSR count). The number of hydrogen-bond donors (Lipinski definition) is 2. The molecule has 4 nitrogen and oxygen atoms in total. The van der Waals surface area contributed by atoms with E-state index in [1.807, 2.05) is 6.92 Å². The standard InChI is InChI=1S/C6H12N2O2/c1-4-2-3-5(10-4)6(9)8-7/h4-5H,2-3,7H2,1H3,(H,8,9)/t4-,5-/m1/s1. The number of hydrazine groups is 1. The van der Waals surface area contributed by atoms with Crippen LogP contribution in [-0.4, -0.2) is 18.1 Å². The summed E-state index contributed by atoms with van der Waals surface area (Å²) < 4.78 is 5.22. The van der Waals surface area contributed by atoms with Crippen molar-refractivity contribution in [2.75, 3.05) is 0 Å². The van der Waals surface area contributed by atoms with Gasteiger partial charge in [-0.25, -0.2) is 5.84 Å². The highest BCUT2D eigenvalue weighted by molar-refractivity contribution is 5.80. The van der Waals surface area contributed by atoms with Gasteiger partial charge in [0.2, 0.25) is 0 Å². The molecule has 58 valence electrons. The topological polar surface area (TPSA) is 64.4 Å². The lowest BCUT2D eigenvalue weighted by atomic mass is 10.2. The van der Waals surface area contributed by atoms with Gasteiger partial charge in [-0.2, -0.15) is 0 Å². The van der Waals surface area contributed by atoms with Gasteiger partial charge in [-0.15, -0.1) is 0 Å². The summed E-state index contributed by atoms with van der Waals surface area (Å²) in [6.45, 7) is 1.95. The Morgan fingerprint density at radius 3 is 2.80 bits per heavy atom. The van der Waals surface area contributed by atoms with E-state index in [1.165, 1.54) is 0 Å². The Balaban J connectivity index is 2.37. The number of carbonyl (C=O) groups excluding carboxylic acids is 1. The summed E-state index contributed by atoms with van der Waals surface area (Å²) in [6.07, 6.45) is 1.60. The van der Waals surface area contributed by atoms with E-state index in [9.17, 15) is 4.79 Å². The smallest absolute Gasteiger partial charge is 0.263 e. The zero-order valence-electron chi connectivity index (χ0n) is 5.96. The molecule has 1 fully saturated rings. The van der Waals surface area contributed by atoms with E-state index >= 15 is 0 Å². The number of nitrogens with two attached hydrogens (primary N) is 1. The van der Waals surface area contributed by atoms with Crippen LogP contribution in [0.15, 0.2) is 0 Å². The van der Waals surface area contributed by atoms with Crippen molar-refractivity contribution < 1.29 is 9.53 Å². The first-order valence-corrected chi connectivity index (χ1v) is 3.40. The highest BCUT2D eigenvalue weighted by Gasteiger charge is 2.27. The van der Waals surface area contributed by atoms with Gasteiger partial charge in [0.1, 0.15) is 6.10 Å². The molecular weight excluding hydrogens is 132 g/mol. The molecule has 1 aliphatic rings. The molecule has 0 bridgehead atoms. The highest BCUT2D eigenvalue weighted by Crippen LogP contribution is 2.18. The van der Waals surface area contributed by atoms with E-state index in [2.05, 4.69) is 5.43 Å². The Labute approximate surface area is 59.7 Å². The quantitative estimate of drug-likeness (QED) is 0.297. The van der Waals surface area contributed by atoms with Gasteiger partial charge < -0.3 is 4.74 Å². The first-order chi connectivity index (χ1) is 4.74. The lowest BCUT2D eigenvalue weighted by Gasteiger charge is -2.07. The Kier molecular flexibility index (Phi) is 2.24. The molecule has 1 saturated heterocycles. The fourth-order valence-corrected chi connectivity index (χ4v) is 1.09. The van der Waals surface area contributed by atoms with Crippen molar-refractivity contribution in [3.63, 3.8) is 0 Å². The predicted molar refractivity (Wildman–Crippen MR) is 35.9 cm³/mol. The van der Waals surface area contributed by atoms with Crippen LogP contribution in [0.1, 0.15) is 19.8 Å². The molecule has 0 saturated carbocycles. The second-order valence-corrected chi connectivity index (χ2v) is 2.52. The summed E-state index contributed by atoms with van der Waals surface area (Å²) in [5.74, 6) is 4.70. The molecular formula is C6H12N2O2. The van der Waals surface area contributed by atoms with Crippen LogP contribution in [-0.2, 0) is 9.53 Å². The summed E-state index contributed by atoms with van der Waals surface area (Å²) in [5, 5.41) is 0. The minimum atomic E-state index is -0.319. The number of ether oxygens (including phenoxy) is 1. The van der Waals surface area contributed by atoms with E-state index < -0.39 is 0 Å². The first kappa shape index (κ1) is 7.50. The molecule has 0 aromatic carbocycles. The molecule has 2 atom stereocenters. The third-order valence-corrected chi connectivity index (χ3v) is 1.67. The SMILES string of the molecule is C[C@@H]1CC[C@H](C(=O)NN)O1. The van der Waals surface area contributed by atoms with Gasteiger partial charge >= 0.3 is 0 Å². The molecule has 0 unspecified atom stereocenters. The minimum absolute atomic E-state index is 0.197. The maximum Gasteiger partial charge on any atom is 0.263 e. The van der Waals surface area contributed by atoms with Gasteiger partial charge in [-0.3, -0.25) is 10.2 Å². The molecule has 0 radical (unpaired) electrons. The first-order valence-electron chi connectivity index (χ1n) is 3.40. The van der Waals surface area contributed by atoms with E-state index in [0.717, 1.165) is 12.8 Å². The Morgan fingerprint density at radius 1 is 1.70 bits per heavy atom. The van der Waals surface area contributed by atoms with Crippen LogP contribution >= 0.6 is 0 Å². The normalized spacial score (nSPS) is 32.2. The number of amides is 1. The van der Waals surface area contributed by atoms with Crippen LogP contribution in [0.3, 0.4) is 0 Å². The lowest BCUT2D eigenvalue weighted by Crippen LogP contribution is -2.38. The summed E-state index contributed by atoms with van der Waals surface area (Å²) in [6, 6.07) is 0. The van der Waals surface area contributed by atoms with Crippen LogP contribution in [0.4, 0.5) is 0 Å². The Bertz CT molecular complexity index is 138. The minimum Gasteiger partial charge on any atom is -0.365 e. The van der Waals surface area contributed by atoms with Crippen LogP contribution in [0.2, 0.25) is 0 Å². The van der Waals surface area contributed by atoms with Crippen molar-refractivity contribution in [2.45, 2.75) is 32.0 Å². The van der Waals surface area contributed by atoms with Gasteiger partial charge in [0, 0.05) is 0 Å². The van der Waals surface area contributed by atoms with Gasteiger partial charge in [0.25, 0.3) is 5.91 Å². The van der Waals surface area contributed by atoms with Crippen LogP contribution < -0.4 is 11.3 Å². The van der Waals surface area contributed by atoms with E-state index in [-0.39, 0.29) is 18.1 Å². The summed E-state index contributed by atoms with van der Waals surface area (Å²) >= 11 is 0. The maximum atomic E-state index is 10.8. The predicted octanol–water partition coefficient (Wildman–Crippen LogP) is -0.456. The average molecular weight is 144 g/mol. The van der Waals surface area contributed by atoms with Crippen LogP contribution in [0.25, 0.3) is 0 Å². The third-order valence-electron chi connectivity index (χ3n) is 1.67. The van der Waals surface area contributed by atoms with E-state index in [4.69, 9.17) is 10.6 Å². The molecule has 1 amide bonds. The summed E-state index contributed by atoms with van der Waals surface area (Å²) in [4.78, 5) is 10.8. The monoisotopic (exact) mass is 144 g/mol. The molecule has 4 heteroatoms. The molecule has 0 aliphatic carbocycles. The van der Waals surface area contributed by atoms with Gasteiger partial charge in [0.05, 0.1) is 6.10 Å². The average Bonchev–Trinajstić information content (AvgIpc) is 2.34. The third kappa shape index (κ3) is 1.46. The van der Waals surface area contributed by atoms with Crippen LogP contribution in [0.5, 0.6) is 0 Å². The number of hydrogen-bond acceptors (Lipinski definition) is 3.